The number of carbonyl (C=O) groups is 2. The van der Waals surface area contributed by atoms with Crippen molar-refractivity contribution >= 4 is 28.8 Å². The molecule has 2 heterocycles. The Labute approximate surface area is 178 Å². The first-order chi connectivity index (χ1) is 14.6. The van der Waals surface area contributed by atoms with Crippen molar-refractivity contribution in [3.63, 3.8) is 0 Å². The van der Waals surface area contributed by atoms with Crippen LogP contribution in [0.15, 0.2) is 53.9 Å². The number of anilines is 1. The number of hydrogen-bond donors (Lipinski definition) is 1. The molecule has 0 saturated carbocycles. The molecular formula is C23H22FN3O2S. The average Bonchev–Trinajstić information content (AvgIpc) is 3.38. The molecule has 1 aliphatic heterocycles. The number of nitrogens with zero attached hydrogens (tertiary/aromatic N) is 2. The number of nitrogens with one attached hydrogen (secondary N) is 1. The summed E-state index contributed by atoms with van der Waals surface area (Å²) in [7, 11) is 0. The molecule has 0 aliphatic carbocycles. The largest absolute Gasteiger partial charge is 0.356 e. The minimum Gasteiger partial charge on any atom is -0.356 e. The highest BCUT2D eigenvalue weighted by Gasteiger charge is 2.23. The summed E-state index contributed by atoms with van der Waals surface area (Å²) in [6.45, 7) is 1.17. The van der Waals surface area contributed by atoms with E-state index in [2.05, 4.69) is 16.4 Å². The van der Waals surface area contributed by atoms with E-state index in [4.69, 9.17) is 0 Å². The van der Waals surface area contributed by atoms with Crippen molar-refractivity contribution in [1.82, 2.24) is 10.3 Å². The monoisotopic (exact) mass is 423 g/mol. The molecule has 0 atom stereocenters. The molecule has 1 aliphatic rings. The van der Waals surface area contributed by atoms with E-state index >= 15 is 0 Å². The molecule has 0 unspecified atom stereocenters. The summed E-state index contributed by atoms with van der Waals surface area (Å²) in [5.41, 5.74) is 3.57. The molecule has 0 spiro atoms. The van der Waals surface area contributed by atoms with Gasteiger partial charge in [-0.3, -0.25) is 9.59 Å². The smallest absolute Gasteiger partial charge is 0.227 e. The lowest BCUT2D eigenvalue weighted by atomic mass is 10.2. The van der Waals surface area contributed by atoms with Crippen LogP contribution in [0.25, 0.3) is 10.6 Å². The van der Waals surface area contributed by atoms with E-state index in [9.17, 15) is 14.0 Å². The van der Waals surface area contributed by atoms with Gasteiger partial charge >= 0.3 is 0 Å². The topological polar surface area (TPSA) is 62.3 Å². The lowest BCUT2D eigenvalue weighted by Gasteiger charge is -2.17. The van der Waals surface area contributed by atoms with Gasteiger partial charge in [-0.1, -0.05) is 30.3 Å². The van der Waals surface area contributed by atoms with Gasteiger partial charge in [0.2, 0.25) is 11.8 Å². The number of rotatable bonds is 7. The fourth-order valence-electron chi connectivity index (χ4n) is 3.57. The van der Waals surface area contributed by atoms with Gasteiger partial charge < -0.3 is 10.2 Å². The fourth-order valence-corrected chi connectivity index (χ4v) is 4.39. The highest BCUT2D eigenvalue weighted by atomic mass is 32.1. The number of benzene rings is 2. The van der Waals surface area contributed by atoms with Crippen LogP contribution in [0.4, 0.5) is 10.1 Å². The molecule has 0 bridgehead atoms. The number of amides is 2. The number of hydrogen-bond acceptors (Lipinski definition) is 4. The molecule has 30 heavy (non-hydrogen) atoms. The number of aromatic nitrogens is 1. The summed E-state index contributed by atoms with van der Waals surface area (Å²) >= 11 is 1.39. The van der Waals surface area contributed by atoms with Gasteiger partial charge in [0.25, 0.3) is 0 Å². The van der Waals surface area contributed by atoms with Crippen molar-refractivity contribution in [3.8, 4) is 10.6 Å². The predicted octanol–water partition coefficient (Wildman–Crippen LogP) is 3.98. The van der Waals surface area contributed by atoms with Gasteiger partial charge in [-0.25, -0.2) is 9.37 Å². The molecule has 2 aromatic carbocycles. The molecular weight excluding hydrogens is 401 g/mol. The summed E-state index contributed by atoms with van der Waals surface area (Å²) in [6.07, 6.45) is 2.05. The van der Waals surface area contributed by atoms with Crippen molar-refractivity contribution < 1.29 is 14.0 Å². The Kier molecular flexibility index (Phi) is 6.18. The van der Waals surface area contributed by atoms with Crippen LogP contribution in [-0.2, 0) is 22.4 Å². The van der Waals surface area contributed by atoms with Gasteiger partial charge in [-0.05, 0) is 36.6 Å². The van der Waals surface area contributed by atoms with Gasteiger partial charge in [0, 0.05) is 36.1 Å². The molecule has 1 N–H and O–H groups in total. The molecule has 0 saturated heterocycles. The summed E-state index contributed by atoms with van der Waals surface area (Å²) in [5.74, 6) is -0.354. The van der Waals surface area contributed by atoms with Gasteiger partial charge in [0.05, 0.1) is 12.1 Å². The quantitative estimate of drug-likeness (QED) is 0.585. The molecule has 154 valence electrons. The van der Waals surface area contributed by atoms with Crippen LogP contribution in [0.2, 0.25) is 0 Å². The Morgan fingerprint density at radius 2 is 2.03 bits per heavy atom. The van der Waals surface area contributed by atoms with E-state index in [0.29, 0.717) is 35.7 Å². The summed E-state index contributed by atoms with van der Waals surface area (Å²) < 4.78 is 13.4. The minimum atomic E-state index is -0.311. The number of thiazole rings is 1. The standard InChI is InChI=1S/C23H22FN3O2S/c24-18-7-3-6-17(13-18)23-26-19(15-30-23)14-21(28)25-11-4-9-22(29)27-12-10-16-5-1-2-8-20(16)27/h1-3,5-8,13,15H,4,9-12,14H2,(H,25,28). The Balaban J connectivity index is 1.21. The number of halogens is 1. The highest BCUT2D eigenvalue weighted by Crippen LogP contribution is 2.28. The highest BCUT2D eigenvalue weighted by molar-refractivity contribution is 7.13. The SMILES string of the molecule is O=C(Cc1csc(-c2cccc(F)c2)n1)NCCCC(=O)N1CCc2ccccc21. The zero-order chi connectivity index (χ0) is 20.9. The van der Waals surface area contributed by atoms with Gasteiger partial charge in [0.1, 0.15) is 10.8 Å². The lowest BCUT2D eigenvalue weighted by Crippen LogP contribution is -2.31. The van der Waals surface area contributed by atoms with Crippen LogP contribution >= 0.6 is 11.3 Å². The predicted molar refractivity (Wildman–Crippen MR) is 116 cm³/mol. The minimum absolute atomic E-state index is 0.0911. The Morgan fingerprint density at radius 3 is 2.90 bits per heavy atom. The first kappa shape index (κ1) is 20.2. The van der Waals surface area contributed by atoms with Crippen LogP contribution < -0.4 is 10.2 Å². The summed E-state index contributed by atoms with van der Waals surface area (Å²) in [4.78, 5) is 30.9. The second-order valence-electron chi connectivity index (χ2n) is 7.21. The molecule has 7 heteroatoms. The van der Waals surface area contributed by atoms with Crippen LogP contribution in [0, 0.1) is 5.82 Å². The van der Waals surface area contributed by atoms with E-state index < -0.39 is 0 Å². The van der Waals surface area contributed by atoms with E-state index in [0.717, 1.165) is 18.7 Å². The fraction of sp³-hybridized carbons (Fsp3) is 0.261. The van der Waals surface area contributed by atoms with Gasteiger partial charge in [0.15, 0.2) is 0 Å². The normalized spacial score (nSPS) is 12.6. The van der Waals surface area contributed by atoms with Crippen molar-refractivity contribution in [2.75, 3.05) is 18.0 Å². The van der Waals surface area contributed by atoms with E-state index in [1.54, 1.807) is 12.1 Å². The molecule has 0 radical (unpaired) electrons. The Bertz CT molecular complexity index is 1070. The first-order valence-corrected chi connectivity index (χ1v) is 10.8. The van der Waals surface area contributed by atoms with Crippen molar-refractivity contribution in [1.29, 1.82) is 0 Å². The maximum Gasteiger partial charge on any atom is 0.227 e. The molecule has 0 fully saturated rings. The number of carbonyl (C=O) groups excluding carboxylic acids is 2. The summed E-state index contributed by atoms with van der Waals surface area (Å²) in [5, 5.41) is 5.35. The van der Waals surface area contributed by atoms with E-state index in [-0.39, 0.29) is 24.1 Å². The van der Waals surface area contributed by atoms with E-state index in [1.807, 2.05) is 28.5 Å². The third-order valence-corrected chi connectivity index (χ3v) is 5.98. The maximum absolute atomic E-state index is 13.4. The molecule has 3 aromatic rings. The van der Waals surface area contributed by atoms with Crippen molar-refractivity contribution in [2.45, 2.75) is 25.7 Å². The maximum atomic E-state index is 13.4. The molecule has 1 aromatic heterocycles. The zero-order valence-electron chi connectivity index (χ0n) is 16.4. The summed E-state index contributed by atoms with van der Waals surface area (Å²) in [6, 6.07) is 14.2. The average molecular weight is 424 g/mol. The number of para-hydroxylation sites is 1. The zero-order valence-corrected chi connectivity index (χ0v) is 17.3. The van der Waals surface area contributed by atoms with Crippen molar-refractivity contribution in [2.24, 2.45) is 0 Å². The van der Waals surface area contributed by atoms with Crippen LogP contribution in [0.3, 0.4) is 0 Å². The molecule has 5 nitrogen and oxygen atoms in total. The second kappa shape index (κ2) is 9.17. The Hall–Kier alpha value is -3.06. The van der Waals surface area contributed by atoms with Gasteiger partial charge in [-0.15, -0.1) is 11.3 Å². The van der Waals surface area contributed by atoms with Gasteiger partial charge in [-0.2, -0.15) is 0 Å². The molecule has 4 rings (SSSR count). The number of fused-ring (bicyclic) bond motifs is 1. The Morgan fingerprint density at radius 1 is 1.17 bits per heavy atom. The van der Waals surface area contributed by atoms with Crippen LogP contribution in [0.5, 0.6) is 0 Å². The third-order valence-electron chi connectivity index (χ3n) is 5.04. The first-order valence-electron chi connectivity index (χ1n) is 9.95. The van der Waals surface area contributed by atoms with Crippen LogP contribution in [0.1, 0.15) is 24.1 Å². The lowest BCUT2D eigenvalue weighted by molar-refractivity contribution is -0.121. The third kappa shape index (κ3) is 4.74. The van der Waals surface area contributed by atoms with Crippen molar-refractivity contribution in [3.05, 3.63) is 71.0 Å². The second-order valence-corrected chi connectivity index (χ2v) is 8.07. The van der Waals surface area contributed by atoms with E-state index in [1.165, 1.54) is 29.0 Å². The molecule has 2 amide bonds. The van der Waals surface area contributed by atoms with Crippen LogP contribution in [-0.4, -0.2) is 29.9 Å².